The van der Waals surface area contributed by atoms with Crippen LogP contribution < -0.4 is 10.6 Å². The molecule has 4 rings (SSSR count). The topological polar surface area (TPSA) is 48.9 Å². The highest BCUT2D eigenvalue weighted by Gasteiger charge is 2.25. The van der Waals surface area contributed by atoms with Crippen molar-refractivity contribution in [2.24, 2.45) is 4.99 Å². The summed E-state index contributed by atoms with van der Waals surface area (Å²) in [6, 6.07) is 17.4. The zero-order chi connectivity index (χ0) is 19.9. The highest BCUT2D eigenvalue weighted by atomic mass is 16.5. The van der Waals surface area contributed by atoms with E-state index in [2.05, 4.69) is 71.0 Å². The van der Waals surface area contributed by atoms with Crippen molar-refractivity contribution < 1.29 is 4.74 Å². The molecule has 1 saturated heterocycles. The highest BCUT2D eigenvalue weighted by Crippen LogP contribution is 2.33. The second kappa shape index (κ2) is 9.90. The molecule has 2 aromatic carbocycles. The highest BCUT2D eigenvalue weighted by molar-refractivity contribution is 5.79. The maximum Gasteiger partial charge on any atom is 0.191 e. The second-order valence-electron chi connectivity index (χ2n) is 7.83. The van der Waals surface area contributed by atoms with E-state index >= 15 is 0 Å². The maximum atomic E-state index is 5.48. The number of nitrogens with zero attached hydrogens (tertiary/aromatic N) is 2. The Balaban J connectivity index is 1.36. The molecule has 5 nitrogen and oxygen atoms in total. The molecule has 5 heteroatoms. The van der Waals surface area contributed by atoms with E-state index < -0.39 is 0 Å². The first kappa shape index (κ1) is 19.9. The van der Waals surface area contributed by atoms with E-state index in [1.807, 2.05) is 0 Å². The van der Waals surface area contributed by atoms with Crippen LogP contribution in [-0.2, 0) is 24.2 Å². The zero-order valence-corrected chi connectivity index (χ0v) is 17.4. The third-order valence-corrected chi connectivity index (χ3v) is 5.84. The largest absolute Gasteiger partial charge is 0.379 e. The summed E-state index contributed by atoms with van der Waals surface area (Å²) < 4.78 is 5.48. The molecule has 1 unspecified atom stereocenters. The third kappa shape index (κ3) is 5.17. The molecular formula is C24H32N4O. The predicted molar refractivity (Wildman–Crippen MR) is 118 cm³/mol. The van der Waals surface area contributed by atoms with E-state index in [-0.39, 0.29) is 0 Å². The number of rotatable bonds is 7. The fourth-order valence-electron chi connectivity index (χ4n) is 4.14. The Hall–Kier alpha value is -2.37. The minimum atomic E-state index is 0.587. The normalized spacial score (nSPS) is 19.3. The van der Waals surface area contributed by atoms with E-state index in [4.69, 9.17) is 9.73 Å². The van der Waals surface area contributed by atoms with Crippen LogP contribution in [0, 0.1) is 0 Å². The molecule has 2 N–H and O–H groups in total. The number of guanidine groups is 1. The molecule has 1 aliphatic heterocycles. The smallest absolute Gasteiger partial charge is 0.191 e. The van der Waals surface area contributed by atoms with Gasteiger partial charge in [-0.2, -0.15) is 0 Å². The Bertz CT molecular complexity index is 829. The standard InChI is InChI=1S/C24H32N4O/c1-2-25-24(27-17-22-15-19-7-5-6-10-23(19)22)26-16-20-8-3-4-9-21(20)18-28-11-13-29-14-12-28/h3-10,22H,2,11-18H2,1H3,(H2,25,26,27). The first-order valence-electron chi connectivity index (χ1n) is 10.8. The lowest BCUT2D eigenvalue weighted by molar-refractivity contribution is 0.0341. The number of hydrogen-bond donors (Lipinski definition) is 2. The molecule has 2 aliphatic rings. The van der Waals surface area contributed by atoms with Gasteiger partial charge in [0.15, 0.2) is 5.96 Å². The van der Waals surface area contributed by atoms with Crippen LogP contribution in [0.3, 0.4) is 0 Å². The summed E-state index contributed by atoms with van der Waals surface area (Å²) in [5, 5.41) is 6.94. The Morgan fingerprint density at radius 1 is 1.03 bits per heavy atom. The predicted octanol–water partition coefficient (Wildman–Crippen LogP) is 2.91. The summed E-state index contributed by atoms with van der Waals surface area (Å²) in [6.45, 7) is 9.24. The van der Waals surface area contributed by atoms with Crippen molar-refractivity contribution in [2.45, 2.75) is 32.4 Å². The molecule has 0 saturated carbocycles. The van der Waals surface area contributed by atoms with Crippen molar-refractivity contribution in [1.29, 1.82) is 0 Å². The van der Waals surface area contributed by atoms with Gasteiger partial charge >= 0.3 is 0 Å². The maximum absolute atomic E-state index is 5.48. The average Bonchev–Trinajstić information content (AvgIpc) is 2.74. The van der Waals surface area contributed by atoms with Crippen LogP contribution in [0.1, 0.15) is 35.1 Å². The molecule has 29 heavy (non-hydrogen) atoms. The molecule has 0 radical (unpaired) electrons. The molecule has 1 fully saturated rings. The zero-order valence-electron chi connectivity index (χ0n) is 17.4. The van der Waals surface area contributed by atoms with Gasteiger partial charge in [-0.1, -0.05) is 48.5 Å². The first-order chi connectivity index (χ1) is 14.3. The molecule has 0 spiro atoms. The van der Waals surface area contributed by atoms with E-state index in [1.54, 1.807) is 0 Å². The Labute approximate surface area is 174 Å². The van der Waals surface area contributed by atoms with E-state index in [1.165, 1.54) is 22.3 Å². The molecule has 154 valence electrons. The number of nitrogens with one attached hydrogen (secondary N) is 2. The summed E-state index contributed by atoms with van der Waals surface area (Å²) in [5.41, 5.74) is 5.62. The molecule has 1 atom stereocenters. The fourth-order valence-corrected chi connectivity index (χ4v) is 4.14. The van der Waals surface area contributed by atoms with Crippen molar-refractivity contribution >= 4 is 5.96 Å². The minimum Gasteiger partial charge on any atom is -0.379 e. The lowest BCUT2D eigenvalue weighted by Gasteiger charge is -2.30. The van der Waals surface area contributed by atoms with Gasteiger partial charge in [0.25, 0.3) is 0 Å². The lowest BCUT2D eigenvalue weighted by atomic mass is 9.78. The van der Waals surface area contributed by atoms with Crippen molar-refractivity contribution in [3.63, 3.8) is 0 Å². The van der Waals surface area contributed by atoms with E-state index in [0.717, 1.165) is 58.3 Å². The van der Waals surface area contributed by atoms with Crippen LogP contribution in [0.2, 0.25) is 0 Å². The van der Waals surface area contributed by atoms with Crippen LogP contribution in [0.4, 0.5) is 0 Å². The second-order valence-corrected chi connectivity index (χ2v) is 7.83. The lowest BCUT2D eigenvalue weighted by Crippen LogP contribution is -2.41. The molecule has 0 aromatic heterocycles. The van der Waals surface area contributed by atoms with Gasteiger partial charge in [-0.05, 0) is 35.6 Å². The average molecular weight is 393 g/mol. The van der Waals surface area contributed by atoms with Crippen molar-refractivity contribution in [3.8, 4) is 0 Å². The summed E-state index contributed by atoms with van der Waals surface area (Å²) in [7, 11) is 0. The number of hydrogen-bond acceptors (Lipinski definition) is 3. The van der Waals surface area contributed by atoms with Crippen molar-refractivity contribution in [1.82, 2.24) is 15.5 Å². The Kier molecular flexibility index (Phi) is 6.80. The fraction of sp³-hybridized carbons (Fsp3) is 0.458. The minimum absolute atomic E-state index is 0.587. The van der Waals surface area contributed by atoms with Gasteiger partial charge in [0.2, 0.25) is 0 Å². The molecular weight excluding hydrogens is 360 g/mol. The van der Waals surface area contributed by atoms with Gasteiger partial charge in [0.1, 0.15) is 0 Å². The Morgan fingerprint density at radius 3 is 2.59 bits per heavy atom. The van der Waals surface area contributed by atoms with Crippen LogP contribution in [0.5, 0.6) is 0 Å². The summed E-state index contributed by atoms with van der Waals surface area (Å²) >= 11 is 0. The van der Waals surface area contributed by atoms with Crippen molar-refractivity contribution in [3.05, 3.63) is 70.8 Å². The SMILES string of the molecule is CCNC(=NCc1ccccc1CN1CCOCC1)NCC1Cc2ccccc21. The van der Waals surface area contributed by atoms with Gasteiger partial charge in [-0.15, -0.1) is 0 Å². The van der Waals surface area contributed by atoms with Crippen LogP contribution in [0.15, 0.2) is 53.5 Å². The number of benzene rings is 2. The molecule has 0 bridgehead atoms. The van der Waals surface area contributed by atoms with Gasteiger partial charge in [-0.25, -0.2) is 4.99 Å². The molecule has 2 aromatic rings. The summed E-state index contributed by atoms with van der Waals surface area (Å²) in [4.78, 5) is 7.34. The summed E-state index contributed by atoms with van der Waals surface area (Å²) in [5.74, 6) is 1.49. The third-order valence-electron chi connectivity index (χ3n) is 5.84. The molecule has 0 amide bonds. The molecule has 1 aliphatic carbocycles. The van der Waals surface area contributed by atoms with Crippen LogP contribution in [0.25, 0.3) is 0 Å². The van der Waals surface area contributed by atoms with Gasteiger partial charge < -0.3 is 15.4 Å². The van der Waals surface area contributed by atoms with Crippen LogP contribution >= 0.6 is 0 Å². The number of morpholine rings is 1. The van der Waals surface area contributed by atoms with Gasteiger partial charge in [0.05, 0.1) is 19.8 Å². The Morgan fingerprint density at radius 2 is 1.79 bits per heavy atom. The molecule has 1 heterocycles. The van der Waals surface area contributed by atoms with Gasteiger partial charge in [-0.3, -0.25) is 4.90 Å². The van der Waals surface area contributed by atoms with Crippen LogP contribution in [-0.4, -0.2) is 50.3 Å². The van der Waals surface area contributed by atoms with E-state index in [0.29, 0.717) is 12.5 Å². The number of aliphatic imine (C=N–C) groups is 1. The number of fused-ring (bicyclic) bond motifs is 1. The first-order valence-corrected chi connectivity index (χ1v) is 10.8. The van der Waals surface area contributed by atoms with E-state index in [9.17, 15) is 0 Å². The monoisotopic (exact) mass is 392 g/mol. The quantitative estimate of drug-likeness (QED) is 0.562. The van der Waals surface area contributed by atoms with Gasteiger partial charge in [0, 0.05) is 38.6 Å². The summed E-state index contributed by atoms with van der Waals surface area (Å²) in [6.07, 6.45) is 1.16. The number of ether oxygens (including phenoxy) is 1. The van der Waals surface area contributed by atoms with Crippen molar-refractivity contribution in [2.75, 3.05) is 39.4 Å².